The normalized spacial score (nSPS) is 26.9. The summed E-state index contributed by atoms with van der Waals surface area (Å²) in [4.78, 5) is 9.94. The van der Waals surface area contributed by atoms with Gasteiger partial charge in [-0.05, 0) is 19.4 Å². The molecule has 0 bridgehead atoms. The first kappa shape index (κ1) is 9.21. The molecule has 0 spiro atoms. The molecule has 0 saturated carbocycles. The number of anilines is 2. The number of aliphatic hydroxyl groups is 1. The summed E-state index contributed by atoms with van der Waals surface area (Å²) in [5, 5.41) is 9.78. The molecule has 0 aromatic carbocycles. The van der Waals surface area contributed by atoms with Crippen LogP contribution in [0.2, 0.25) is 0 Å². The molecule has 76 valence electrons. The van der Waals surface area contributed by atoms with Crippen LogP contribution in [0.25, 0.3) is 0 Å². The van der Waals surface area contributed by atoms with Crippen molar-refractivity contribution in [1.82, 2.24) is 9.97 Å². The molecule has 1 aromatic heterocycles. The molecule has 1 aliphatic rings. The standard InChI is InChI=1S/C9H14N4O/c1-9(14)3-5-13(6-9)7-2-4-11-8(10)12-7/h2,4,14H,3,5-6H2,1H3,(H2,10,11,12). The Labute approximate surface area is 82.6 Å². The van der Waals surface area contributed by atoms with Crippen molar-refractivity contribution < 1.29 is 5.11 Å². The van der Waals surface area contributed by atoms with E-state index in [2.05, 4.69) is 9.97 Å². The van der Waals surface area contributed by atoms with Gasteiger partial charge in [-0.2, -0.15) is 4.98 Å². The third kappa shape index (κ3) is 1.77. The monoisotopic (exact) mass is 194 g/mol. The van der Waals surface area contributed by atoms with Gasteiger partial charge in [0.15, 0.2) is 0 Å². The number of hydrogen-bond donors (Lipinski definition) is 2. The molecule has 1 atom stereocenters. The zero-order valence-electron chi connectivity index (χ0n) is 8.14. The van der Waals surface area contributed by atoms with Crippen LogP contribution in [0.1, 0.15) is 13.3 Å². The van der Waals surface area contributed by atoms with Gasteiger partial charge >= 0.3 is 0 Å². The topological polar surface area (TPSA) is 75.3 Å². The predicted molar refractivity (Wildman–Crippen MR) is 53.9 cm³/mol. The van der Waals surface area contributed by atoms with E-state index in [0.29, 0.717) is 6.54 Å². The zero-order chi connectivity index (χ0) is 10.2. The largest absolute Gasteiger partial charge is 0.388 e. The number of nitrogens with zero attached hydrogens (tertiary/aromatic N) is 3. The second-order valence-corrected chi connectivity index (χ2v) is 3.94. The molecular weight excluding hydrogens is 180 g/mol. The third-order valence-corrected chi connectivity index (χ3v) is 2.44. The average Bonchev–Trinajstić information content (AvgIpc) is 2.46. The molecule has 2 rings (SSSR count). The van der Waals surface area contributed by atoms with Crippen molar-refractivity contribution in [2.24, 2.45) is 0 Å². The van der Waals surface area contributed by atoms with E-state index in [1.54, 1.807) is 12.3 Å². The summed E-state index contributed by atoms with van der Waals surface area (Å²) in [6.45, 7) is 3.24. The quantitative estimate of drug-likeness (QED) is 0.659. The van der Waals surface area contributed by atoms with Crippen molar-refractivity contribution in [2.45, 2.75) is 18.9 Å². The van der Waals surface area contributed by atoms with Gasteiger partial charge in [0.1, 0.15) is 5.82 Å². The van der Waals surface area contributed by atoms with Gasteiger partial charge in [0.2, 0.25) is 5.95 Å². The van der Waals surface area contributed by atoms with Crippen LogP contribution in [0.5, 0.6) is 0 Å². The van der Waals surface area contributed by atoms with Crippen LogP contribution >= 0.6 is 0 Å². The van der Waals surface area contributed by atoms with E-state index in [1.807, 2.05) is 11.8 Å². The van der Waals surface area contributed by atoms with Crippen molar-refractivity contribution in [3.8, 4) is 0 Å². The maximum Gasteiger partial charge on any atom is 0.221 e. The first-order valence-electron chi connectivity index (χ1n) is 4.63. The number of β-amino-alcohol motifs (C(OH)–C–C–N with tert-alkyl or cyclic N) is 1. The van der Waals surface area contributed by atoms with Gasteiger partial charge in [0.05, 0.1) is 5.60 Å². The Kier molecular flexibility index (Phi) is 2.03. The third-order valence-electron chi connectivity index (χ3n) is 2.44. The highest BCUT2D eigenvalue weighted by Gasteiger charge is 2.31. The summed E-state index contributed by atoms with van der Waals surface area (Å²) in [5.41, 5.74) is 4.87. The molecule has 1 fully saturated rings. The molecule has 0 amide bonds. The first-order valence-corrected chi connectivity index (χ1v) is 4.63. The maximum atomic E-state index is 9.78. The fraction of sp³-hybridized carbons (Fsp3) is 0.556. The Balaban J connectivity index is 2.17. The van der Waals surface area contributed by atoms with Gasteiger partial charge in [0.25, 0.3) is 0 Å². The second kappa shape index (κ2) is 3.09. The van der Waals surface area contributed by atoms with Gasteiger partial charge in [-0.3, -0.25) is 0 Å². The summed E-state index contributed by atoms with van der Waals surface area (Å²) in [6, 6.07) is 1.80. The summed E-state index contributed by atoms with van der Waals surface area (Å²) < 4.78 is 0. The van der Waals surface area contributed by atoms with Crippen molar-refractivity contribution >= 4 is 11.8 Å². The molecule has 5 nitrogen and oxygen atoms in total. The first-order chi connectivity index (χ1) is 6.57. The van der Waals surface area contributed by atoms with Crippen LogP contribution in [0.15, 0.2) is 12.3 Å². The smallest absolute Gasteiger partial charge is 0.221 e. The van der Waals surface area contributed by atoms with Crippen molar-refractivity contribution in [3.05, 3.63) is 12.3 Å². The molecule has 5 heteroatoms. The highest BCUT2D eigenvalue weighted by molar-refractivity contribution is 5.42. The van der Waals surface area contributed by atoms with Gasteiger partial charge in [-0.1, -0.05) is 0 Å². The molecule has 14 heavy (non-hydrogen) atoms. The van der Waals surface area contributed by atoms with Crippen molar-refractivity contribution in [1.29, 1.82) is 0 Å². The Morgan fingerprint density at radius 3 is 3.00 bits per heavy atom. The Bertz CT molecular complexity index is 339. The predicted octanol–water partition coefficient (Wildman–Crippen LogP) is 0.0199. The summed E-state index contributed by atoms with van der Waals surface area (Å²) in [6.07, 6.45) is 2.39. The molecule has 1 aliphatic heterocycles. The average molecular weight is 194 g/mol. The summed E-state index contributed by atoms with van der Waals surface area (Å²) in [7, 11) is 0. The van der Waals surface area contributed by atoms with E-state index in [1.165, 1.54) is 0 Å². The number of aromatic nitrogens is 2. The number of rotatable bonds is 1. The van der Waals surface area contributed by atoms with Crippen LogP contribution in [-0.2, 0) is 0 Å². The van der Waals surface area contributed by atoms with Gasteiger partial charge in [0, 0.05) is 19.3 Å². The van der Waals surface area contributed by atoms with E-state index in [0.717, 1.165) is 18.8 Å². The molecule has 1 saturated heterocycles. The fourth-order valence-corrected chi connectivity index (χ4v) is 1.68. The highest BCUT2D eigenvalue weighted by atomic mass is 16.3. The van der Waals surface area contributed by atoms with E-state index in [9.17, 15) is 5.11 Å². The Hall–Kier alpha value is -1.36. The minimum absolute atomic E-state index is 0.272. The van der Waals surface area contributed by atoms with Crippen LogP contribution < -0.4 is 10.6 Å². The van der Waals surface area contributed by atoms with Crippen molar-refractivity contribution in [3.63, 3.8) is 0 Å². The maximum absolute atomic E-state index is 9.78. The summed E-state index contributed by atoms with van der Waals surface area (Å²) >= 11 is 0. The van der Waals surface area contributed by atoms with Crippen LogP contribution in [0.4, 0.5) is 11.8 Å². The number of nitrogen functional groups attached to an aromatic ring is 1. The van der Waals surface area contributed by atoms with Gasteiger partial charge in [-0.15, -0.1) is 0 Å². The fourth-order valence-electron chi connectivity index (χ4n) is 1.68. The number of hydrogen-bond acceptors (Lipinski definition) is 5. The Morgan fingerprint density at radius 2 is 2.43 bits per heavy atom. The second-order valence-electron chi connectivity index (χ2n) is 3.94. The summed E-state index contributed by atoms with van der Waals surface area (Å²) in [5.74, 6) is 1.06. The van der Waals surface area contributed by atoms with Crippen LogP contribution in [0, 0.1) is 0 Å². The molecule has 2 heterocycles. The molecule has 0 radical (unpaired) electrons. The SMILES string of the molecule is CC1(O)CCN(c2ccnc(N)n2)C1. The van der Waals surface area contributed by atoms with Crippen molar-refractivity contribution in [2.75, 3.05) is 23.7 Å². The highest BCUT2D eigenvalue weighted by Crippen LogP contribution is 2.24. The van der Waals surface area contributed by atoms with Crippen LogP contribution in [-0.4, -0.2) is 33.8 Å². The molecule has 0 aliphatic carbocycles. The Morgan fingerprint density at radius 1 is 1.64 bits per heavy atom. The van der Waals surface area contributed by atoms with E-state index < -0.39 is 5.60 Å². The van der Waals surface area contributed by atoms with E-state index in [4.69, 9.17) is 5.73 Å². The van der Waals surface area contributed by atoms with Gasteiger partial charge in [-0.25, -0.2) is 4.98 Å². The van der Waals surface area contributed by atoms with E-state index in [-0.39, 0.29) is 5.95 Å². The number of nitrogens with two attached hydrogens (primary N) is 1. The van der Waals surface area contributed by atoms with E-state index >= 15 is 0 Å². The lowest BCUT2D eigenvalue weighted by molar-refractivity contribution is 0.0839. The molecule has 1 unspecified atom stereocenters. The lowest BCUT2D eigenvalue weighted by Gasteiger charge is -2.19. The zero-order valence-corrected chi connectivity index (χ0v) is 8.14. The lowest BCUT2D eigenvalue weighted by atomic mass is 10.1. The minimum atomic E-state index is -0.611. The molecule has 1 aromatic rings. The molecular formula is C9H14N4O. The molecule has 3 N–H and O–H groups in total. The lowest BCUT2D eigenvalue weighted by Crippen LogP contribution is -2.30. The minimum Gasteiger partial charge on any atom is -0.388 e. The van der Waals surface area contributed by atoms with Crippen LogP contribution in [0.3, 0.4) is 0 Å². The van der Waals surface area contributed by atoms with Gasteiger partial charge < -0.3 is 15.7 Å².